The number of hydrogen-bond donors (Lipinski definition) is 2. The summed E-state index contributed by atoms with van der Waals surface area (Å²) in [5.74, 6) is 2.00. The van der Waals surface area contributed by atoms with Gasteiger partial charge in [-0.05, 0) is 68.3 Å². The molecule has 0 saturated heterocycles. The lowest BCUT2D eigenvalue weighted by atomic mass is 9.84. The maximum absolute atomic E-state index is 12.4. The zero-order chi connectivity index (χ0) is 15.4. The molecule has 2 unspecified atom stereocenters. The van der Waals surface area contributed by atoms with Crippen LogP contribution in [-0.4, -0.2) is 25.1 Å². The van der Waals surface area contributed by atoms with E-state index in [1.54, 1.807) is 0 Å². The highest BCUT2D eigenvalue weighted by atomic mass is 16.5. The highest BCUT2D eigenvalue weighted by Crippen LogP contribution is 2.29. The van der Waals surface area contributed by atoms with Gasteiger partial charge in [0.2, 0.25) is 0 Å². The fraction of sp³-hybridized carbons (Fsp3) is 0.611. The summed E-state index contributed by atoms with van der Waals surface area (Å²) in [6.07, 6.45) is 7.12. The van der Waals surface area contributed by atoms with E-state index in [9.17, 15) is 4.79 Å². The number of nitrogens with one attached hydrogen (secondary N) is 1. The Morgan fingerprint density at radius 2 is 1.86 bits per heavy atom. The van der Waals surface area contributed by atoms with Crippen molar-refractivity contribution < 1.29 is 9.53 Å². The summed E-state index contributed by atoms with van der Waals surface area (Å²) in [6.45, 7) is 1.45. The van der Waals surface area contributed by atoms with E-state index in [0.29, 0.717) is 18.0 Å². The molecule has 22 heavy (non-hydrogen) atoms. The van der Waals surface area contributed by atoms with Gasteiger partial charge in [0, 0.05) is 11.6 Å². The fourth-order valence-corrected chi connectivity index (χ4v) is 3.13. The van der Waals surface area contributed by atoms with Crippen LogP contribution >= 0.6 is 0 Å². The predicted octanol–water partition coefficient (Wildman–Crippen LogP) is 2.72. The monoisotopic (exact) mass is 302 g/mol. The van der Waals surface area contributed by atoms with E-state index in [-0.39, 0.29) is 11.9 Å². The Hall–Kier alpha value is -1.55. The van der Waals surface area contributed by atoms with Crippen molar-refractivity contribution in [2.24, 2.45) is 17.6 Å². The highest BCUT2D eigenvalue weighted by molar-refractivity contribution is 5.94. The number of rotatable bonds is 6. The molecule has 3 rings (SSSR count). The van der Waals surface area contributed by atoms with Gasteiger partial charge in [-0.2, -0.15) is 0 Å². The van der Waals surface area contributed by atoms with Gasteiger partial charge in [-0.1, -0.05) is 12.8 Å². The smallest absolute Gasteiger partial charge is 0.251 e. The van der Waals surface area contributed by atoms with E-state index in [2.05, 4.69) is 5.32 Å². The van der Waals surface area contributed by atoms with Gasteiger partial charge in [0.25, 0.3) is 5.91 Å². The first-order valence-corrected chi connectivity index (χ1v) is 8.50. The van der Waals surface area contributed by atoms with Gasteiger partial charge in [0.15, 0.2) is 0 Å². The molecule has 2 fully saturated rings. The summed E-state index contributed by atoms with van der Waals surface area (Å²) < 4.78 is 5.70. The van der Waals surface area contributed by atoms with E-state index < -0.39 is 0 Å². The lowest BCUT2D eigenvalue weighted by molar-refractivity contribution is 0.0908. The Labute approximate surface area is 132 Å². The Morgan fingerprint density at radius 1 is 1.14 bits per heavy atom. The summed E-state index contributed by atoms with van der Waals surface area (Å²) in [7, 11) is 0. The second-order valence-corrected chi connectivity index (χ2v) is 6.64. The van der Waals surface area contributed by atoms with Gasteiger partial charge in [-0.25, -0.2) is 0 Å². The van der Waals surface area contributed by atoms with Crippen molar-refractivity contribution >= 4 is 5.91 Å². The molecule has 0 heterocycles. The van der Waals surface area contributed by atoms with Gasteiger partial charge in [0.05, 0.1) is 6.61 Å². The van der Waals surface area contributed by atoms with Crippen molar-refractivity contribution in [1.82, 2.24) is 5.32 Å². The Kier molecular flexibility index (Phi) is 4.98. The fourth-order valence-electron chi connectivity index (χ4n) is 3.13. The quantitative estimate of drug-likeness (QED) is 0.849. The molecule has 0 aromatic heterocycles. The summed E-state index contributed by atoms with van der Waals surface area (Å²) >= 11 is 0. The first kappa shape index (κ1) is 15.3. The number of carbonyl (C=O) groups excluding carboxylic acids is 1. The largest absolute Gasteiger partial charge is 0.493 e. The summed E-state index contributed by atoms with van der Waals surface area (Å²) in [6, 6.07) is 7.68. The van der Waals surface area contributed by atoms with Gasteiger partial charge in [-0.3, -0.25) is 4.79 Å². The van der Waals surface area contributed by atoms with Crippen LogP contribution in [0.2, 0.25) is 0 Å². The third kappa shape index (κ3) is 4.01. The number of carbonyl (C=O) groups is 1. The van der Waals surface area contributed by atoms with Crippen LogP contribution in [0.4, 0.5) is 0 Å². The molecular formula is C18H26N2O2. The molecule has 1 aromatic carbocycles. The molecule has 4 heteroatoms. The third-order valence-electron chi connectivity index (χ3n) is 4.83. The molecule has 0 radical (unpaired) electrons. The average Bonchev–Trinajstić information content (AvgIpc) is 3.38. The second kappa shape index (κ2) is 7.14. The van der Waals surface area contributed by atoms with E-state index in [4.69, 9.17) is 10.5 Å². The number of ether oxygens (including phenoxy) is 1. The maximum atomic E-state index is 12.4. The Bertz CT molecular complexity index is 496. The molecule has 0 spiro atoms. The zero-order valence-electron chi connectivity index (χ0n) is 13.1. The predicted molar refractivity (Wildman–Crippen MR) is 86.9 cm³/mol. The molecule has 3 N–H and O–H groups in total. The van der Waals surface area contributed by atoms with Crippen LogP contribution in [0, 0.1) is 11.8 Å². The summed E-state index contributed by atoms with van der Waals surface area (Å²) in [5, 5.41) is 3.16. The van der Waals surface area contributed by atoms with E-state index in [0.717, 1.165) is 31.1 Å². The van der Waals surface area contributed by atoms with Crippen LogP contribution < -0.4 is 15.8 Å². The van der Waals surface area contributed by atoms with Gasteiger partial charge in [-0.15, -0.1) is 0 Å². The minimum Gasteiger partial charge on any atom is -0.493 e. The van der Waals surface area contributed by atoms with E-state index in [1.165, 1.54) is 25.7 Å². The Morgan fingerprint density at radius 3 is 2.55 bits per heavy atom. The first-order chi connectivity index (χ1) is 10.8. The molecule has 2 atom stereocenters. The van der Waals surface area contributed by atoms with E-state index in [1.807, 2.05) is 24.3 Å². The van der Waals surface area contributed by atoms with Gasteiger partial charge >= 0.3 is 0 Å². The van der Waals surface area contributed by atoms with Crippen molar-refractivity contribution in [1.29, 1.82) is 0 Å². The second-order valence-electron chi connectivity index (χ2n) is 6.64. The minimum absolute atomic E-state index is 0.000840. The van der Waals surface area contributed by atoms with Crippen molar-refractivity contribution in [3.63, 3.8) is 0 Å². The van der Waals surface area contributed by atoms with E-state index >= 15 is 0 Å². The van der Waals surface area contributed by atoms with Crippen molar-refractivity contribution in [2.45, 2.75) is 44.6 Å². The van der Waals surface area contributed by atoms with Crippen LogP contribution in [0.15, 0.2) is 24.3 Å². The zero-order valence-corrected chi connectivity index (χ0v) is 13.1. The molecule has 0 aliphatic heterocycles. The van der Waals surface area contributed by atoms with Crippen molar-refractivity contribution in [2.75, 3.05) is 13.2 Å². The summed E-state index contributed by atoms with van der Waals surface area (Å²) in [5.41, 5.74) is 6.52. The molecule has 2 saturated carbocycles. The molecule has 1 amide bonds. The molecule has 1 aromatic rings. The molecule has 2 aliphatic rings. The number of nitrogens with two attached hydrogens (primary N) is 1. The van der Waals surface area contributed by atoms with Crippen LogP contribution in [0.25, 0.3) is 0 Å². The molecule has 0 bridgehead atoms. The number of amides is 1. The highest BCUT2D eigenvalue weighted by Gasteiger charge is 2.25. The Balaban J connectivity index is 1.54. The normalized spacial score (nSPS) is 24.8. The maximum Gasteiger partial charge on any atom is 0.251 e. The van der Waals surface area contributed by atoms with Crippen LogP contribution in [0.5, 0.6) is 5.75 Å². The standard InChI is InChI=1S/C18H26N2O2/c19-11-15-3-1-2-4-17(15)20-18(21)14-7-9-16(10-8-14)22-12-13-5-6-13/h7-10,13,15,17H,1-6,11-12,19H2,(H,20,21). The third-order valence-corrected chi connectivity index (χ3v) is 4.83. The molecule has 120 valence electrons. The first-order valence-electron chi connectivity index (χ1n) is 8.50. The number of hydrogen-bond acceptors (Lipinski definition) is 3. The topological polar surface area (TPSA) is 64.3 Å². The van der Waals surface area contributed by atoms with Crippen molar-refractivity contribution in [3.8, 4) is 5.75 Å². The average molecular weight is 302 g/mol. The van der Waals surface area contributed by atoms with Crippen molar-refractivity contribution in [3.05, 3.63) is 29.8 Å². The molecule has 4 nitrogen and oxygen atoms in total. The van der Waals surface area contributed by atoms with Crippen LogP contribution in [0.3, 0.4) is 0 Å². The van der Waals surface area contributed by atoms with Gasteiger partial charge in [0.1, 0.15) is 5.75 Å². The number of benzene rings is 1. The van der Waals surface area contributed by atoms with Crippen LogP contribution in [0.1, 0.15) is 48.9 Å². The molecule has 2 aliphatic carbocycles. The summed E-state index contributed by atoms with van der Waals surface area (Å²) in [4.78, 5) is 12.4. The van der Waals surface area contributed by atoms with Crippen LogP contribution in [-0.2, 0) is 0 Å². The van der Waals surface area contributed by atoms with Gasteiger partial charge < -0.3 is 15.8 Å². The minimum atomic E-state index is -0.000840. The SMILES string of the molecule is NCC1CCCCC1NC(=O)c1ccc(OCC2CC2)cc1. The lowest BCUT2D eigenvalue weighted by Crippen LogP contribution is -2.44. The lowest BCUT2D eigenvalue weighted by Gasteiger charge is -2.31. The molecular weight excluding hydrogens is 276 g/mol.